The van der Waals surface area contributed by atoms with Crippen molar-refractivity contribution in [2.45, 2.75) is 13.0 Å². The van der Waals surface area contributed by atoms with Crippen molar-refractivity contribution in [1.82, 2.24) is 16.0 Å². The largest absolute Gasteiger partial charge is 0.480 e. The minimum atomic E-state index is -1.19. The predicted molar refractivity (Wildman–Crippen MR) is 55.8 cm³/mol. The lowest BCUT2D eigenvalue weighted by Crippen LogP contribution is -2.49. The van der Waals surface area contributed by atoms with Crippen molar-refractivity contribution >= 4 is 23.8 Å². The standard InChI is InChI=1S/C8H14N4O5/c1-4(7(9)16)12-8(17)11-2-5(13)10-3-6(14)15/h4H,2-3H2,1H3,(H2,9,16)(H,10,13)(H,14,15)(H2,11,12,17). The fourth-order valence-electron chi connectivity index (χ4n) is 0.716. The van der Waals surface area contributed by atoms with Gasteiger partial charge in [-0.25, -0.2) is 4.79 Å². The van der Waals surface area contributed by atoms with Crippen LogP contribution >= 0.6 is 0 Å². The van der Waals surface area contributed by atoms with E-state index in [-0.39, 0.29) is 0 Å². The average molecular weight is 246 g/mol. The first-order valence-electron chi connectivity index (χ1n) is 4.65. The second-order valence-corrected chi connectivity index (χ2v) is 3.12. The van der Waals surface area contributed by atoms with E-state index in [2.05, 4.69) is 10.6 Å². The lowest BCUT2D eigenvalue weighted by Gasteiger charge is -2.11. The van der Waals surface area contributed by atoms with E-state index in [0.717, 1.165) is 0 Å². The van der Waals surface area contributed by atoms with Gasteiger partial charge in [0.15, 0.2) is 0 Å². The molecule has 0 bridgehead atoms. The van der Waals surface area contributed by atoms with E-state index >= 15 is 0 Å². The molecule has 4 amide bonds. The van der Waals surface area contributed by atoms with Crippen LogP contribution in [-0.4, -0.2) is 48.1 Å². The van der Waals surface area contributed by atoms with Crippen LogP contribution in [0.3, 0.4) is 0 Å². The predicted octanol–water partition coefficient (Wildman–Crippen LogP) is -2.64. The van der Waals surface area contributed by atoms with E-state index in [1.54, 1.807) is 0 Å². The number of aliphatic carboxylic acids is 1. The van der Waals surface area contributed by atoms with Crippen LogP contribution in [0.15, 0.2) is 0 Å². The summed E-state index contributed by atoms with van der Waals surface area (Å²) in [5, 5.41) is 14.6. The second-order valence-electron chi connectivity index (χ2n) is 3.12. The fraction of sp³-hybridized carbons (Fsp3) is 0.500. The quantitative estimate of drug-likeness (QED) is 0.347. The van der Waals surface area contributed by atoms with Gasteiger partial charge in [0.2, 0.25) is 11.8 Å². The molecule has 0 fully saturated rings. The Hall–Kier alpha value is -2.32. The summed E-state index contributed by atoms with van der Waals surface area (Å²) < 4.78 is 0. The van der Waals surface area contributed by atoms with Crippen molar-refractivity contribution in [1.29, 1.82) is 0 Å². The minimum Gasteiger partial charge on any atom is -0.480 e. The monoisotopic (exact) mass is 246 g/mol. The van der Waals surface area contributed by atoms with E-state index in [4.69, 9.17) is 10.8 Å². The van der Waals surface area contributed by atoms with Crippen molar-refractivity contribution in [2.24, 2.45) is 5.73 Å². The van der Waals surface area contributed by atoms with Crippen molar-refractivity contribution in [3.8, 4) is 0 Å². The van der Waals surface area contributed by atoms with Crippen molar-refractivity contribution < 1.29 is 24.3 Å². The summed E-state index contributed by atoms with van der Waals surface area (Å²) in [6.45, 7) is 0.455. The van der Waals surface area contributed by atoms with E-state index in [1.165, 1.54) is 6.92 Å². The number of primary amides is 1. The Morgan fingerprint density at radius 2 is 1.76 bits per heavy atom. The molecule has 0 spiro atoms. The van der Waals surface area contributed by atoms with Gasteiger partial charge in [0, 0.05) is 0 Å². The molecule has 1 unspecified atom stereocenters. The van der Waals surface area contributed by atoms with Gasteiger partial charge in [0.1, 0.15) is 12.6 Å². The Morgan fingerprint density at radius 3 is 2.24 bits per heavy atom. The maximum Gasteiger partial charge on any atom is 0.322 e. The SMILES string of the molecule is CC(NC(=O)NCC(=O)NCC(=O)O)C(N)=O. The fourth-order valence-corrected chi connectivity index (χ4v) is 0.716. The Morgan fingerprint density at radius 1 is 1.18 bits per heavy atom. The first-order chi connectivity index (χ1) is 7.82. The highest BCUT2D eigenvalue weighted by atomic mass is 16.4. The lowest BCUT2D eigenvalue weighted by molar-refractivity contribution is -0.137. The average Bonchev–Trinajstić information content (AvgIpc) is 2.23. The molecular weight excluding hydrogens is 232 g/mol. The van der Waals surface area contributed by atoms with E-state index in [1.807, 2.05) is 5.32 Å². The number of carbonyl (C=O) groups is 4. The van der Waals surface area contributed by atoms with Crippen LogP contribution in [0.4, 0.5) is 4.79 Å². The molecule has 0 aromatic carbocycles. The Labute approximate surface area is 96.7 Å². The topological polar surface area (TPSA) is 151 Å². The zero-order valence-corrected chi connectivity index (χ0v) is 9.15. The number of carbonyl (C=O) groups excluding carboxylic acids is 3. The third-order valence-electron chi connectivity index (χ3n) is 1.62. The van der Waals surface area contributed by atoms with Crippen molar-refractivity contribution in [3.05, 3.63) is 0 Å². The number of rotatable bonds is 6. The van der Waals surface area contributed by atoms with E-state index < -0.39 is 42.9 Å². The van der Waals surface area contributed by atoms with Gasteiger partial charge in [0.25, 0.3) is 0 Å². The molecule has 0 saturated carbocycles. The molecule has 9 nitrogen and oxygen atoms in total. The number of carboxylic acid groups (broad SMARTS) is 1. The van der Waals surface area contributed by atoms with Crippen LogP contribution in [0, 0.1) is 0 Å². The molecule has 0 saturated heterocycles. The highest BCUT2D eigenvalue weighted by Gasteiger charge is 2.12. The molecule has 0 aliphatic heterocycles. The number of nitrogens with one attached hydrogen (secondary N) is 3. The first kappa shape index (κ1) is 14.7. The second kappa shape index (κ2) is 7.04. The molecular formula is C8H14N4O5. The van der Waals surface area contributed by atoms with Crippen LogP contribution in [0.2, 0.25) is 0 Å². The molecule has 0 radical (unpaired) electrons. The van der Waals surface area contributed by atoms with Gasteiger partial charge in [-0.2, -0.15) is 0 Å². The van der Waals surface area contributed by atoms with Crippen molar-refractivity contribution in [2.75, 3.05) is 13.1 Å². The van der Waals surface area contributed by atoms with Gasteiger partial charge < -0.3 is 26.8 Å². The summed E-state index contributed by atoms with van der Waals surface area (Å²) in [5.41, 5.74) is 4.90. The highest BCUT2D eigenvalue weighted by molar-refractivity contribution is 5.88. The summed E-state index contributed by atoms with van der Waals surface area (Å²) in [7, 11) is 0. The van der Waals surface area contributed by atoms with E-state index in [9.17, 15) is 19.2 Å². The maximum atomic E-state index is 11.1. The Balaban J connectivity index is 3.80. The van der Waals surface area contributed by atoms with Crippen molar-refractivity contribution in [3.63, 3.8) is 0 Å². The Kier molecular flexibility index (Phi) is 6.08. The molecule has 0 aromatic heterocycles. The van der Waals surface area contributed by atoms with Crippen LogP contribution in [0.1, 0.15) is 6.92 Å². The number of amides is 4. The summed E-state index contributed by atoms with van der Waals surface area (Å²) in [6.07, 6.45) is 0. The van der Waals surface area contributed by atoms with Gasteiger partial charge in [0.05, 0.1) is 6.54 Å². The number of nitrogens with two attached hydrogens (primary N) is 1. The van der Waals surface area contributed by atoms with Crippen LogP contribution in [0.25, 0.3) is 0 Å². The number of hydrogen-bond acceptors (Lipinski definition) is 4. The van der Waals surface area contributed by atoms with Gasteiger partial charge >= 0.3 is 12.0 Å². The molecule has 0 aromatic rings. The highest BCUT2D eigenvalue weighted by Crippen LogP contribution is 1.78. The molecule has 0 heterocycles. The van der Waals surface area contributed by atoms with Crippen LogP contribution < -0.4 is 21.7 Å². The molecule has 6 N–H and O–H groups in total. The summed E-state index contributed by atoms with van der Waals surface area (Å²) in [5.74, 6) is -2.56. The number of carboxylic acids is 1. The zero-order valence-electron chi connectivity index (χ0n) is 9.15. The summed E-state index contributed by atoms with van der Waals surface area (Å²) in [4.78, 5) is 42.7. The van der Waals surface area contributed by atoms with Crippen LogP contribution in [-0.2, 0) is 14.4 Å². The number of urea groups is 1. The molecule has 0 rings (SSSR count). The normalized spacial score (nSPS) is 11.1. The maximum absolute atomic E-state index is 11.1. The number of hydrogen-bond donors (Lipinski definition) is 5. The zero-order chi connectivity index (χ0) is 13.4. The molecule has 0 aliphatic carbocycles. The van der Waals surface area contributed by atoms with E-state index in [0.29, 0.717) is 0 Å². The van der Waals surface area contributed by atoms with Crippen LogP contribution in [0.5, 0.6) is 0 Å². The third kappa shape index (κ3) is 7.59. The molecule has 96 valence electrons. The lowest BCUT2D eigenvalue weighted by atomic mass is 10.3. The minimum absolute atomic E-state index is 0.398. The van der Waals surface area contributed by atoms with Gasteiger partial charge in [-0.3, -0.25) is 14.4 Å². The molecule has 17 heavy (non-hydrogen) atoms. The van der Waals surface area contributed by atoms with Gasteiger partial charge in [-0.05, 0) is 6.92 Å². The Bertz CT molecular complexity index is 330. The molecule has 1 atom stereocenters. The first-order valence-corrected chi connectivity index (χ1v) is 4.65. The smallest absolute Gasteiger partial charge is 0.322 e. The summed E-state index contributed by atoms with van der Waals surface area (Å²) in [6, 6.07) is -1.61. The summed E-state index contributed by atoms with van der Waals surface area (Å²) >= 11 is 0. The third-order valence-corrected chi connectivity index (χ3v) is 1.62. The molecule has 0 aliphatic rings. The van der Waals surface area contributed by atoms with Gasteiger partial charge in [-0.15, -0.1) is 0 Å². The molecule has 9 heteroatoms. The van der Waals surface area contributed by atoms with Gasteiger partial charge in [-0.1, -0.05) is 0 Å².